The van der Waals surface area contributed by atoms with Gasteiger partial charge in [-0.25, -0.2) is 9.37 Å². The number of imidazole rings is 1. The lowest BCUT2D eigenvalue weighted by Gasteiger charge is -2.18. The van der Waals surface area contributed by atoms with E-state index in [4.69, 9.17) is 5.73 Å². The van der Waals surface area contributed by atoms with Crippen molar-refractivity contribution in [3.63, 3.8) is 0 Å². The van der Waals surface area contributed by atoms with Crippen molar-refractivity contribution in [2.75, 3.05) is 0 Å². The van der Waals surface area contributed by atoms with Crippen LogP contribution in [0.15, 0.2) is 36.8 Å². The molecule has 1 aromatic heterocycles. The Hall–Kier alpha value is -1.68. The molecule has 0 fully saturated rings. The predicted octanol–water partition coefficient (Wildman–Crippen LogP) is 2.85. The summed E-state index contributed by atoms with van der Waals surface area (Å²) in [5.41, 5.74) is 8.02. The van der Waals surface area contributed by atoms with Crippen LogP contribution in [-0.4, -0.2) is 9.55 Å². The Bertz CT molecular complexity index is 502. The zero-order valence-corrected chi connectivity index (χ0v) is 10.7. The Balaban J connectivity index is 2.14. The third-order valence-corrected chi connectivity index (χ3v) is 3.08. The topological polar surface area (TPSA) is 43.8 Å². The first kappa shape index (κ1) is 12.8. The van der Waals surface area contributed by atoms with E-state index in [1.807, 2.05) is 19.1 Å². The van der Waals surface area contributed by atoms with Crippen LogP contribution < -0.4 is 5.73 Å². The van der Waals surface area contributed by atoms with Gasteiger partial charge in [-0.15, -0.1) is 0 Å². The molecular formula is C14H18FN3. The lowest BCUT2D eigenvalue weighted by atomic mass is 10.1. The highest BCUT2D eigenvalue weighted by molar-refractivity contribution is 5.17. The van der Waals surface area contributed by atoms with Crippen molar-refractivity contribution >= 4 is 0 Å². The van der Waals surface area contributed by atoms with Crippen molar-refractivity contribution in [3.8, 4) is 0 Å². The molecular weight excluding hydrogens is 229 g/mol. The van der Waals surface area contributed by atoms with E-state index >= 15 is 0 Å². The molecule has 0 saturated heterocycles. The predicted molar refractivity (Wildman–Crippen MR) is 69.6 cm³/mol. The first-order valence-corrected chi connectivity index (χ1v) is 6.09. The van der Waals surface area contributed by atoms with Crippen LogP contribution in [0.3, 0.4) is 0 Å². The van der Waals surface area contributed by atoms with E-state index < -0.39 is 0 Å². The summed E-state index contributed by atoms with van der Waals surface area (Å²) in [6, 6.07) is 6.81. The van der Waals surface area contributed by atoms with Gasteiger partial charge in [0.25, 0.3) is 0 Å². The minimum Gasteiger partial charge on any atom is -0.330 e. The van der Waals surface area contributed by atoms with Gasteiger partial charge in [0, 0.05) is 18.3 Å². The molecule has 1 unspecified atom stereocenters. The average Bonchev–Trinajstić information content (AvgIpc) is 2.81. The van der Waals surface area contributed by atoms with E-state index in [-0.39, 0.29) is 17.9 Å². The number of halogens is 1. The second kappa shape index (κ2) is 5.31. The molecule has 2 N–H and O–H groups in total. The van der Waals surface area contributed by atoms with Gasteiger partial charge < -0.3 is 10.3 Å². The fourth-order valence-corrected chi connectivity index (χ4v) is 2.10. The van der Waals surface area contributed by atoms with E-state index in [1.165, 1.54) is 12.1 Å². The highest BCUT2D eigenvalue weighted by atomic mass is 19.1. The van der Waals surface area contributed by atoms with E-state index in [1.54, 1.807) is 12.5 Å². The van der Waals surface area contributed by atoms with Crippen molar-refractivity contribution < 1.29 is 4.39 Å². The van der Waals surface area contributed by atoms with Crippen molar-refractivity contribution in [2.45, 2.75) is 32.4 Å². The third kappa shape index (κ3) is 2.76. The molecule has 4 heteroatoms. The maximum absolute atomic E-state index is 12.8. The Morgan fingerprint density at radius 2 is 1.94 bits per heavy atom. The van der Waals surface area contributed by atoms with Gasteiger partial charge in [0.1, 0.15) is 5.82 Å². The van der Waals surface area contributed by atoms with Gasteiger partial charge >= 0.3 is 0 Å². The van der Waals surface area contributed by atoms with Gasteiger partial charge in [-0.05, 0) is 38.0 Å². The van der Waals surface area contributed by atoms with Gasteiger partial charge in [0.05, 0.1) is 12.0 Å². The van der Waals surface area contributed by atoms with Crippen LogP contribution in [0.4, 0.5) is 4.39 Å². The first-order chi connectivity index (χ1) is 8.58. The molecule has 2 aromatic rings. The van der Waals surface area contributed by atoms with Gasteiger partial charge in [0.15, 0.2) is 0 Å². The molecule has 0 aliphatic heterocycles. The summed E-state index contributed by atoms with van der Waals surface area (Å²) in [5.74, 6) is -0.203. The molecule has 0 aliphatic rings. The molecule has 18 heavy (non-hydrogen) atoms. The highest BCUT2D eigenvalue weighted by Gasteiger charge is 2.12. The fraction of sp³-hybridized carbons (Fsp3) is 0.357. The monoisotopic (exact) mass is 247 g/mol. The summed E-state index contributed by atoms with van der Waals surface area (Å²) in [4.78, 5) is 4.14. The summed E-state index contributed by atoms with van der Waals surface area (Å²) in [5, 5.41) is 0. The molecule has 1 heterocycles. The van der Waals surface area contributed by atoms with Crippen LogP contribution in [0.5, 0.6) is 0 Å². The van der Waals surface area contributed by atoms with Crippen LogP contribution >= 0.6 is 0 Å². The minimum absolute atomic E-state index is 0.0387. The number of aromatic nitrogens is 2. The summed E-state index contributed by atoms with van der Waals surface area (Å²) in [6.07, 6.45) is 4.43. The summed E-state index contributed by atoms with van der Waals surface area (Å²) >= 11 is 0. The van der Waals surface area contributed by atoms with Gasteiger partial charge in [0.2, 0.25) is 0 Å². The first-order valence-electron chi connectivity index (χ1n) is 6.09. The molecule has 0 aliphatic carbocycles. The molecule has 96 valence electrons. The molecule has 0 spiro atoms. The lowest BCUT2D eigenvalue weighted by Crippen LogP contribution is -2.16. The third-order valence-electron chi connectivity index (χ3n) is 3.08. The fourth-order valence-electron chi connectivity index (χ4n) is 2.10. The van der Waals surface area contributed by atoms with Crippen molar-refractivity contribution in [3.05, 3.63) is 53.9 Å². The molecule has 0 saturated carbocycles. The standard InChI is InChI=1S/C14H18FN3/c1-10(7-12-3-5-13(15)6-4-12)18-9-17-8-14(18)11(2)16/h3-6,8-11H,7,16H2,1-2H3/t10?,11-/m0/s1. The number of benzene rings is 1. The molecule has 0 radical (unpaired) electrons. The summed E-state index contributed by atoms with van der Waals surface area (Å²) in [7, 11) is 0. The van der Waals surface area contributed by atoms with Crippen LogP contribution in [0.1, 0.15) is 37.2 Å². The molecule has 3 nitrogen and oxygen atoms in total. The second-order valence-corrected chi connectivity index (χ2v) is 4.69. The SMILES string of the molecule is CC(Cc1ccc(F)cc1)n1cncc1[C@H](C)N. The van der Waals surface area contributed by atoms with E-state index in [0.29, 0.717) is 0 Å². The molecule has 2 rings (SSSR count). The number of nitrogens with zero attached hydrogens (tertiary/aromatic N) is 2. The Morgan fingerprint density at radius 1 is 1.28 bits per heavy atom. The van der Waals surface area contributed by atoms with Crippen molar-refractivity contribution in [1.29, 1.82) is 0 Å². The van der Waals surface area contributed by atoms with E-state index in [2.05, 4.69) is 16.5 Å². The maximum atomic E-state index is 12.8. The number of hydrogen-bond acceptors (Lipinski definition) is 2. The second-order valence-electron chi connectivity index (χ2n) is 4.69. The number of nitrogens with two attached hydrogens (primary N) is 1. The van der Waals surface area contributed by atoms with Gasteiger partial charge in [-0.2, -0.15) is 0 Å². The van der Waals surface area contributed by atoms with Crippen LogP contribution in [0.25, 0.3) is 0 Å². The van der Waals surface area contributed by atoms with Crippen LogP contribution in [0.2, 0.25) is 0 Å². The van der Waals surface area contributed by atoms with Crippen molar-refractivity contribution in [1.82, 2.24) is 9.55 Å². The van der Waals surface area contributed by atoms with Gasteiger partial charge in [-0.1, -0.05) is 12.1 Å². The van der Waals surface area contributed by atoms with Crippen LogP contribution in [-0.2, 0) is 6.42 Å². The smallest absolute Gasteiger partial charge is 0.123 e. The Morgan fingerprint density at radius 3 is 2.56 bits per heavy atom. The Labute approximate surface area is 106 Å². The van der Waals surface area contributed by atoms with Crippen LogP contribution in [0, 0.1) is 5.82 Å². The number of rotatable bonds is 4. The maximum Gasteiger partial charge on any atom is 0.123 e. The largest absolute Gasteiger partial charge is 0.330 e. The lowest BCUT2D eigenvalue weighted by molar-refractivity contribution is 0.510. The highest BCUT2D eigenvalue weighted by Crippen LogP contribution is 2.19. The zero-order chi connectivity index (χ0) is 13.1. The Kier molecular flexibility index (Phi) is 3.77. The zero-order valence-electron chi connectivity index (χ0n) is 10.7. The minimum atomic E-state index is -0.203. The van der Waals surface area contributed by atoms with E-state index in [9.17, 15) is 4.39 Å². The quantitative estimate of drug-likeness (QED) is 0.902. The van der Waals surface area contributed by atoms with Crippen molar-refractivity contribution in [2.24, 2.45) is 5.73 Å². The molecule has 1 aromatic carbocycles. The molecule has 0 bridgehead atoms. The average molecular weight is 247 g/mol. The summed E-state index contributed by atoms with van der Waals surface area (Å²) < 4.78 is 14.9. The van der Waals surface area contributed by atoms with E-state index in [0.717, 1.165) is 17.7 Å². The molecule has 0 amide bonds. The normalized spacial score (nSPS) is 14.4. The number of hydrogen-bond donors (Lipinski definition) is 1. The molecule has 2 atom stereocenters. The van der Waals surface area contributed by atoms with Gasteiger partial charge in [-0.3, -0.25) is 0 Å². The summed E-state index contributed by atoms with van der Waals surface area (Å²) in [6.45, 7) is 4.05.